The van der Waals surface area contributed by atoms with E-state index >= 15 is 0 Å². The maximum atomic E-state index is 13.5. The van der Waals surface area contributed by atoms with E-state index in [1.54, 1.807) is 12.0 Å². The van der Waals surface area contributed by atoms with Crippen LogP contribution in [0.25, 0.3) is 11.1 Å². The molecule has 2 aromatic carbocycles. The molecule has 1 saturated carbocycles. The molecule has 1 saturated heterocycles. The Balaban J connectivity index is 1.70. The Morgan fingerprint density at radius 2 is 1.93 bits per heavy atom. The lowest BCUT2D eigenvalue weighted by Crippen LogP contribution is -2.46. The van der Waals surface area contributed by atoms with Gasteiger partial charge < -0.3 is 10.1 Å². The number of carbonyl (C=O) groups is 1. The van der Waals surface area contributed by atoms with Crippen molar-refractivity contribution in [1.29, 1.82) is 5.41 Å². The van der Waals surface area contributed by atoms with Crippen molar-refractivity contribution in [3.8, 4) is 11.1 Å². The number of methoxy groups -OCH3 is 1. The number of halogens is 1. The van der Waals surface area contributed by atoms with Gasteiger partial charge in [-0.15, -0.1) is 0 Å². The lowest BCUT2D eigenvalue weighted by atomic mass is 9.83. The van der Waals surface area contributed by atoms with Gasteiger partial charge in [-0.25, -0.2) is 0 Å². The van der Waals surface area contributed by atoms with Crippen molar-refractivity contribution in [2.75, 3.05) is 20.3 Å². The van der Waals surface area contributed by atoms with Gasteiger partial charge in [0.15, 0.2) is 5.96 Å². The van der Waals surface area contributed by atoms with E-state index in [4.69, 9.17) is 21.7 Å². The van der Waals surface area contributed by atoms with Gasteiger partial charge in [0.2, 0.25) is 0 Å². The van der Waals surface area contributed by atoms with E-state index in [1.165, 1.54) is 0 Å². The summed E-state index contributed by atoms with van der Waals surface area (Å²) in [6.45, 7) is 1.05. The van der Waals surface area contributed by atoms with Crippen LogP contribution in [0.4, 0.5) is 0 Å². The molecule has 1 atom stereocenters. The van der Waals surface area contributed by atoms with Crippen LogP contribution in [0, 0.1) is 11.3 Å². The number of nitrogens with one attached hydrogen (secondary N) is 2. The number of hydrogen-bond donors (Lipinski definition) is 2. The monoisotopic (exact) mass is 397 g/mol. The first-order valence-electron chi connectivity index (χ1n) is 9.60. The summed E-state index contributed by atoms with van der Waals surface area (Å²) in [5.41, 5.74) is 2.09. The third kappa shape index (κ3) is 3.29. The quantitative estimate of drug-likeness (QED) is 0.693. The van der Waals surface area contributed by atoms with Crippen LogP contribution in [0.3, 0.4) is 0 Å². The normalized spacial score (nSPS) is 21.9. The summed E-state index contributed by atoms with van der Waals surface area (Å²) in [6, 6.07) is 15.8. The van der Waals surface area contributed by atoms with Crippen molar-refractivity contribution in [1.82, 2.24) is 10.2 Å². The van der Waals surface area contributed by atoms with E-state index in [0.29, 0.717) is 24.6 Å². The Morgan fingerprint density at radius 1 is 1.21 bits per heavy atom. The molecule has 0 radical (unpaired) electrons. The fourth-order valence-corrected chi connectivity index (χ4v) is 4.23. The fourth-order valence-electron chi connectivity index (χ4n) is 4.04. The number of hydrogen-bond acceptors (Lipinski definition) is 3. The minimum Gasteiger partial charge on any atom is -0.385 e. The van der Waals surface area contributed by atoms with Crippen LogP contribution < -0.4 is 5.32 Å². The molecule has 28 heavy (non-hydrogen) atoms. The van der Waals surface area contributed by atoms with Crippen LogP contribution in [-0.2, 0) is 15.1 Å². The van der Waals surface area contributed by atoms with Crippen LogP contribution in [0.5, 0.6) is 0 Å². The van der Waals surface area contributed by atoms with Crippen LogP contribution >= 0.6 is 11.6 Å². The molecule has 6 heteroatoms. The Bertz CT molecular complexity index is 912. The second-order valence-electron chi connectivity index (χ2n) is 7.45. The first-order chi connectivity index (χ1) is 13.6. The predicted molar refractivity (Wildman–Crippen MR) is 110 cm³/mol. The molecular weight excluding hydrogens is 374 g/mol. The molecule has 1 amide bonds. The number of ether oxygens (including phenoxy) is 1. The summed E-state index contributed by atoms with van der Waals surface area (Å²) in [6.07, 6.45) is 2.67. The maximum Gasteiger partial charge on any atom is 0.259 e. The van der Waals surface area contributed by atoms with Gasteiger partial charge in [0.25, 0.3) is 5.91 Å². The second kappa shape index (κ2) is 7.57. The van der Waals surface area contributed by atoms with Crippen LogP contribution in [-0.4, -0.2) is 37.0 Å². The molecule has 5 nitrogen and oxygen atoms in total. The Kier molecular flexibility index (Phi) is 5.13. The minimum absolute atomic E-state index is 0.0284. The molecule has 1 heterocycles. The van der Waals surface area contributed by atoms with Gasteiger partial charge in [0.05, 0.1) is 0 Å². The zero-order valence-electron chi connectivity index (χ0n) is 15.9. The highest BCUT2D eigenvalue weighted by molar-refractivity contribution is 6.30. The van der Waals surface area contributed by atoms with E-state index in [2.05, 4.69) is 11.4 Å². The van der Waals surface area contributed by atoms with E-state index < -0.39 is 5.54 Å². The van der Waals surface area contributed by atoms with Crippen molar-refractivity contribution >= 4 is 23.5 Å². The average molecular weight is 398 g/mol. The predicted octanol–water partition coefficient (Wildman–Crippen LogP) is 4.02. The third-order valence-electron chi connectivity index (χ3n) is 5.56. The third-order valence-corrected chi connectivity index (χ3v) is 5.80. The first-order valence-corrected chi connectivity index (χ1v) is 9.98. The van der Waals surface area contributed by atoms with Crippen molar-refractivity contribution in [3.63, 3.8) is 0 Å². The number of carbonyl (C=O) groups excluding carboxylic acids is 1. The molecule has 2 fully saturated rings. The molecule has 0 bridgehead atoms. The summed E-state index contributed by atoms with van der Waals surface area (Å²) < 4.78 is 5.10. The Labute approximate surface area is 170 Å². The van der Waals surface area contributed by atoms with Crippen LogP contribution in [0.15, 0.2) is 48.5 Å². The topological polar surface area (TPSA) is 65.4 Å². The van der Waals surface area contributed by atoms with Crippen molar-refractivity contribution in [2.45, 2.75) is 24.8 Å². The Morgan fingerprint density at radius 3 is 2.61 bits per heavy atom. The zero-order valence-corrected chi connectivity index (χ0v) is 16.6. The van der Waals surface area contributed by atoms with Gasteiger partial charge in [0, 0.05) is 25.3 Å². The summed E-state index contributed by atoms with van der Waals surface area (Å²) in [4.78, 5) is 15.0. The smallest absolute Gasteiger partial charge is 0.259 e. The second-order valence-corrected chi connectivity index (χ2v) is 7.89. The van der Waals surface area contributed by atoms with E-state index in [-0.39, 0.29) is 17.8 Å². The van der Waals surface area contributed by atoms with E-state index in [0.717, 1.165) is 29.5 Å². The van der Waals surface area contributed by atoms with Crippen LogP contribution in [0.2, 0.25) is 5.02 Å². The molecular formula is C22H24ClN3O2. The molecule has 2 aliphatic rings. The number of amides is 1. The molecule has 1 aliphatic heterocycles. The number of rotatable bonds is 7. The highest BCUT2D eigenvalue weighted by atomic mass is 35.5. The van der Waals surface area contributed by atoms with Gasteiger partial charge in [0.1, 0.15) is 5.54 Å². The van der Waals surface area contributed by atoms with Crippen molar-refractivity contribution in [3.05, 3.63) is 59.1 Å². The minimum atomic E-state index is -0.848. The van der Waals surface area contributed by atoms with Gasteiger partial charge in [-0.3, -0.25) is 15.1 Å². The number of benzene rings is 2. The van der Waals surface area contributed by atoms with Crippen molar-refractivity contribution < 1.29 is 9.53 Å². The zero-order chi connectivity index (χ0) is 19.7. The lowest BCUT2D eigenvalue weighted by molar-refractivity contribution is -0.132. The highest BCUT2D eigenvalue weighted by Gasteiger charge is 2.58. The molecule has 1 unspecified atom stereocenters. The summed E-state index contributed by atoms with van der Waals surface area (Å²) >= 11 is 6.16. The average Bonchev–Trinajstić information content (AvgIpc) is 3.51. The summed E-state index contributed by atoms with van der Waals surface area (Å²) in [5, 5.41) is 12.3. The van der Waals surface area contributed by atoms with Gasteiger partial charge in [-0.1, -0.05) is 41.9 Å². The summed E-state index contributed by atoms with van der Waals surface area (Å²) in [7, 11) is 1.64. The molecule has 146 valence electrons. The largest absolute Gasteiger partial charge is 0.385 e. The molecule has 2 N–H and O–H groups in total. The maximum absolute atomic E-state index is 13.5. The highest BCUT2D eigenvalue weighted by Crippen LogP contribution is 2.49. The molecule has 1 aliphatic carbocycles. The first kappa shape index (κ1) is 19.0. The standard InChI is InChI=1S/C22H24ClN3O2/c1-28-12-4-11-26-20(27)22(17-9-10-17,25-21(26)24)18-7-2-5-15(13-18)16-6-3-8-19(23)14-16/h2-3,5-8,13-14,17H,4,9-12H2,1H3,(H2,24,25). The molecule has 2 aromatic rings. The molecule has 4 rings (SSSR count). The lowest BCUT2D eigenvalue weighted by Gasteiger charge is -2.28. The summed E-state index contributed by atoms with van der Waals surface area (Å²) in [5.74, 6) is 0.364. The molecule has 0 aromatic heterocycles. The van der Waals surface area contributed by atoms with Gasteiger partial charge in [-0.05, 0) is 60.1 Å². The van der Waals surface area contributed by atoms with Gasteiger partial charge >= 0.3 is 0 Å². The van der Waals surface area contributed by atoms with E-state index in [1.807, 2.05) is 42.5 Å². The SMILES string of the molecule is COCCCN1C(=N)NC(c2cccc(-c3cccc(Cl)c3)c2)(C2CC2)C1=O. The molecule has 0 spiro atoms. The van der Waals surface area contributed by atoms with Gasteiger partial charge in [-0.2, -0.15) is 0 Å². The fraction of sp³-hybridized carbons (Fsp3) is 0.364. The van der Waals surface area contributed by atoms with Crippen molar-refractivity contribution in [2.24, 2.45) is 5.92 Å². The Hall–Kier alpha value is -2.37. The van der Waals surface area contributed by atoms with Crippen LogP contribution in [0.1, 0.15) is 24.8 Å². The number of nitrogens with zero attached hydrogens (tertiary/aromatic N) is 1. The number of guanidine groups is 1. The van der Waals surface area contributed by atoms with E-state index in [9.17, 15) is 4.79 Å².